The molecule has 0 aliphatic carbocycles. The molecule has 0 bridgehead atoms. The van der Waals surface area contributed by atoms with Crippen LogP contribution in [0.25, 0.3) is 5.65 Å². The van der Waals surface area contributed by atoms with E-state index >= 15 is 0 Å². The fourth-order valence-electron chi connectivity index (χ4n) is 3.39. The molecule has 0 saturated carbocycles. The Morgan fingerprint density at radius 3 is 2.57 bits per heavy atom. The van der Waals surface area contributed by atoms with Crippen molar-refractivity contribution in [3.63, 3.8) is 0 Å². The van der Waals surface area contributed by atoms with E-state index in [-0.39, 0.29) is 10.8 Å². The van der Waals surface area contributed by atoms with Gasteiger partial charge in [-0.25, -0.2) is 22.2 Å². The molecule has 1 aliphatic rings. The molecule has 28 heavy (non-hydrogen) atoms. The number of carbonyl (C=O) groups is 1. The van der Waals surface area contributed by atoms with Gasteiger partial charge in [-0.2, -0.15) is 5.10 Å². The van der Waals surface area contributed by atoms with Crippen LogP contribution in [0.2, 0.25) is 0 Å². The summed E-state index contributed by atoms with van der Waals surface area (Å²) in [7, 11) is -0.557. The predicted molar refractivity (Wildman–Crippen MR) is 103 cm³/mol. The van der Waals surface area contributed by atoms with Gasteiger partial charge < -0.3 is 4.90 Å². The summed E-state index contributed by atoms with van der Waals surface area (Å²) in [5.74, 6) is -0.129. The molecule has 4 rings (SSSR count). The van der Waals surface area contributed by atoms with Gasteiger partial charge in [0.2, 0.25) is 10.0 Å². The van der Waals surface area contributed by atoms with Crippen molar-refractivity contribution in [2.75, 3.05) is 20.6 Å². The van der Waals surface area contributed by atoms with Crippen molar-refractivity contribution < 1.29 is 13.2 Å². The van der Waals surface area contributed by atoms with Crippen molar-refractivity contribution in [1.82, 2.24) is 23.8 Å². The lowest BCUT2D eigenvalue weighted by molar-refractivity contribution is 0.0732. The van der Waals surface area contributed by atoms with Gasteiger partial charge in [0.25, 0.3) is 5.91 Å². The highest BCUT2D eigenvalue weighted by atomic mass is 32.2. The van der Waals surface area contributed by atoms with Crippen LogP contribution in [0.4, 0.5) is 0 Å². The van der Waals surface area contributed by atoms with Crippen LogP contribution in [0.1, 0.15) is 27.3 Å². The lowest BCUT2D eigenvalue weighted by atomic mass is 10.1. The number of nitrogens with zero attached hydrogens (tertiary/aromatic N) is 5. The van der Waals surface area contributed by atoms with Gasteiger partial charge >= 0.3 is 0 Å². The van der Waals surface area contributed by atoms with Crippen LogP contribution in [0, 0.1) is 6.92 Å². The summed E-state index contributed by atoms with van der Waals surface area (Å²) in [4.78, 5) is 19.2. The van der Waals surface area contributed by atoms with E-state index in [1.54, 1.807) is 23.2 Å². The molecule has 0 unspecified atom stereocenters. The number of benzene rings is 1. The predicted octanol–water partition coefficient (Wildman–Crippen LogP) is 1.49. The van der Waals surface area contributed by atoms with Gasteiger partial charge in [0.15, 0.2) is 5.65 Å². The molecule has 0 spiro atoms. The molecule has 9 heteroatoms. The Morgan fingerprint density at radius 2 is 1.89 bits per heavy atom. The highest BCUT2D eigenvalue weighted by Crippen LogP contribution is 2.22. The van der Waals surface area contributed by atoms with E-state index in [9.17, 15) is 13.2 Å². The molecule has 0 saturated heterocycles. The number of hydrogen-bond donors (Lipinski definition) is 0. The van der Waals surface area contributed by atoms with Crippen LogP contribution in [0.5, 0.6) is 0 Å². The highest BCUT2D eigenvalue weighted by Gasteiger charge is 2.25. The summed E-state index contributed by atoms with van der Waals surface area (Å²) in [6, 6.07) is 8.00. The zero-order valence-corrected chi connectivity index (χ0v) is 16.8. The zero-order valence-electron chi connectivity index (χ0n) is 16.0. The van der Waals surface area contributed by atoms with Crippen LogP contribution in [-0.2, 0) is 23.0 Å². The topological polar surface area (TPSA) is 87.9 Å². The van der Waals surface area contributed by atoms with Crippen molar-refractivity contribution in [1.29, 1.82) is 0 Å². The van der Waals surface area contributed by atoms with E-state index in [0.29, 0.717) is 25.1 Å². The van der Waals surface area contributed by atoms with E-state index < -0.39 is 10.0 Å². The van der Waals surface area contributed by atoms with E-state index in [0.717, 1.165) is 26.9 Å². The number of amides is 1. The second kappa shape index (κ2) is 6.68. The number of rotatable bonds is 3. The maximum absolute atomic E-state index is 12.9. The van der Waals surface area contributed by atoms with Crippen molar-refractivity contribution in [3.05, 3.63) is 59.0 Å². The standard InChI is InChI=1S/C19H21N5O3S/c1-13-10-18-20-11-15-12-23(9-8-17(15)24(18)21-13)19(25)14-4-6-16(7-5-14)28(26,27)22(2)3/h4-7,10-11H,8-9,12H2,1-3H3. The molecule has 1 amide bonds. The largest absolute Gasteiger partial charge is 0.334 e. The highest BCUT2D eigenvalue weighted by molar-refractivity contribution is 7.89. The molecule has 1 aliphatic heterocycles. The number of sulfonamides is 1. The molecular weight excluding hydrogens is 378 g/mol. The van der Waals surface area contributed by atoms with Crippen molar-refractivity contribution in [3.8, 4) is 0 Å². The minimum atomic E-state index is -3.51. The lowest BCUT2D eigenvalue weighted by Crippen LogP contribution is -2.37. The molecule has 1 aromatic carbocycles. The number of hydrogen-bond acceptors (Lipinski definition) is 5. The van der Waals surface area contributed by atoms with Crippen molar-refractivity contribution >= 4 is 21.6 Å². The average molecular weight is 399 g/mol. The Morgan fingerprint density at radius 1 is 1.18 bits per heavy atom. The molecule has 3 aromatic rings. The average Bonchev–Trinajstić information content (AvgIpc) is 3.07. The van der Waals surface area contributed by atoms with Gasteiger partial charge in [-0.05, 0) is 31.2 Å². The van der Waals surface area contributed by atoms with E-state index in [4.69, 9.17) is 0 Å². The second-order valence-electron chi connectivity index (χ2n) is 7.07. The lowest BCUT2D eigenvalue weighted by Gasteiger charge is -2.29. The Labute approximate surface area is 163 Å². The SMILES string of the molecule is Cc1cc2ncc3c(n2n1)CCN(C(=O)c1ccc(S(=O)(=O)N(C)C)cc1)C3. The van der Waals surface area contributed by atoms with E-state index in [2.05, 4.69) is 10.1 Å². The first-order valence-electron chi connectivity index (χ1n) is 8.92. The summed E-state index contributed by atoms with van der Waals surface area (Å²) in [6.45, 7) is 2.95. The summed E-state index contributed by atoms with van der Waals surface area (Å²) in [6.07, 6.45) is 2.49. The Bertz CT molecular complexity index is 1170. The monoisotopic (exact) mass is 399 g/mol. The van der Waals surface area contributed by atoms with Crippen LogP contribution < -0.4 is 0 Å². The van der Waals surface area contributed by atoms with Crippen molar-refractivity contribution in [2.24, 2.45) is 0 Å². The first-order chi connectivity index (χ1) is 13.3. The molecular formula is C19H21N5O3S. The van der Waals surface area contributed by atoms with Crippen LogP contribution >= 0.6 is 0 Å². The van der Waals surface area contributed by atoms with Crippen LogP contribution in [0.3, 0.4) is 0 Å². The van der Waals surface area contributed by atoms with Gasteiger partial charge in [-0.15, -0.1) is 0 Å². The maximum atomic E-state index is 12.9. The summed E-state index contributed by atoms with van der Waals surface area (Å²) < 4.78 is 27.4. The molecule has 0 atom stereocenters. The zero-order chi connectivity index (χ0) is 20.1. The van der Waals surface area contributed by atoms with Gasteiger partial charge in [-0.3, -0.25) is 4.79 Å². The number of fused-ring (bicyclic) bond motifs is 3. The van der Waals surface area contributed by atoms with Gasteiger partial charge in [-0.1, -0.05) is 0 Å². The number of carbonyl (C=O) groups excluding carboxylic acids is 1. The Kier molecular flexibility index (Phi) is 4.43. The molecule has 0 radical (unpaired) electrons. The fourth-order valence-corrected chi connectivity index (χ4v) is 4.29. The second-order valence-corrected chi connectivity index (χ2v) is 9.23. The normalized spacial score (nSPS) is 14.5. The summed E-state index contributed by atoms with van der Waals surface area (Å²) in [5.41, 5.74) is 4.24. The minimum absolute atomic E-state index is 0.129. The first kappa shape index (κ1) is 18.6. The van der Waals surface area contributed by atoms with Crippen molar-refractivity contribution in [2.45, 2.75) is 24.8 Å². The fraction of sp³-hybridized carbons (Fsp3) is 0.316. The quantitative estimate of drug-likeness (QED) is 0.666. The van der Waals surface area contributed by atoms with Gasteiger partial charge in [0.05, 0.1) is 16.3 Å². The summed E-state index contributed by atoms with van der Waals surface area (Å²) >= 11 is 0. The third kappa shape index (κ3) is 3.06. The number of aromatic nitrogens is 3. The minimum Gasteiger partial charge on any atom is -0.334 e. The molecule has 146 valence electrons. The third-order valence-electron chi connectivity index (χ3n) is 4.94. The first-order valence-corrected chi connectivity index (χ1v) is 10.4. The summed E-state index contributed by atoms with van der Waals surface area (Å²) in [5, 5.41) is 4.49. The smallest absolute Gasteiger partial charge is 0.254 e. The van der Waals surface area contributed by atoms with Gasteiger partial charge in [0, 0.05) is 57.0 Å². The third-order valence-corrected chi connectivity index (χ3v) is 6.77. The molecule has 3 heterocycles. The Balaban J connectivity index is 1.57. The molecule has 0 fully saturated rings. The van der Waals surface area contributed by atoms with Crippen LogP contribution in [-0.4, -0.2) is 58.8 Å². The van der Waals surface area contributed by atoms with Crippen LogP contribution in [0.15, 0.2) is 41.4 Å². The molecule has 0 N–H and O–H groups in total. The molecule has 2 aromatic heterocycles. The van der Waals surface area contributed by atoms with Gasteiger partial charge in [0.1, 0.15) is 0 Å². The maximum Gasteiger partial charge on any atom is 0.254 e. The Hall–Kier alpha value is -2.78. The molecule has 8 nitrogen and oxygen atoms in total. The van der Waals surface area contributed by atoms with E-state index in [1.807, 2.05) is 17.5 Å². The van der Waals surface area contributed by atoms with E-state index in [1.165, 1.54) is 26.2 Å². The number of aryl methyl sites for hydroxylation is 1.